The second kappa shape index (κ2) is 3.96. The number of ether oxygens (including phenoxy) is 2. The normalized spacial score (nSPS) is 19.4. The molecule has 0 amide bonds. The maximum absolute atomic E-state index is 10.7. The van der Waals surface area contributed by atoms with Crippen LogP contribution in [0.25, 0.3) is 0 Å². The SMILES string of the molecule is O=C1C=CC(COc2ccccc2)O1. The Labute approximate surface area is 81.9 Å². The zero-order chi connectivity index (χ0) is 9.80. The Kier molecular flexibility index (Phi) is 2.49. The Hall–Kier alpha value is -1.77. The zero-order valence-corrected chi connectivity index (χ0v) is 7.55. The Morgan fingerprint density at radius 3 is 2.71 bits per heavy atom. The Bertz CT molecular complexity index is 343. The summed E-state index contributed by atoms with van der Waals surface area (Å²) in [7, 11) is 0. The van der Waals surface area contributed by atoms with E-state index in [4.69, 9.17) is 9.47 Å². The summed E-state index contributed by atoms with van der Waals surface area (Å²) >= 11 is 0. The molecule has 3 nitrogen and oxygen atoms in total. The van der Waals surface area contributed by atoms with E-state index in [0.717, 1.165) is 5.75 Å². The number of hydrogen-bond donors (Lipinski definition) is 0. The van der Waals surface area contributed by atoms with Crippen LogP contribution in [0.4, 0.5) is 0 Å². The summed E-state index contributed by atoms with van der Waals surface area (Å²) in [6, 6.07) is 9.43. The molecule has 14 heavy (non-hydrogen) atoms. The molecule has 3 heteroatoms. The molecule has 0 fully saturated rings. The Morgan fingerprint density at radius 1 is 1.29 bits per heavy atom. The summed E-state index contributed by atoms with van der Waals surface area (Å²) in [6.07, 6.45) is 2.87. The highest BCUT2D eigenvalue weighted by atomic mass is 16.6. The smallest absolute Gasteiger partial charge is 0.331 e. The van der Waals surface area contributed by atoms with Crippen LogP contribution in [-0.2, 0) is 9.53 Å². The molecular weight excluding hydrogens is 180 g/mol. The number of para-hydroxylation sites is 1. The molecule has 0 saturated carbocycles. The van der Waals surface area contributed by atoms with E-state index in [-0.39, 0.29) is 12.1 Å². The van der Waals surface area contributed by atoms with Crippen molar-refractivity contribution in [3.63, 3.8) is 0 Å². The summed E-state index contributed by atoms with van der Waals surface area (Å²) in [5, 5.41) is 0. The number of hydrogen-bond acceptors (Lipinski definition) is 3. The lowest BCUT2D eigenvalue weighted by molar-refractivity contribution is -0.139. The van der Waals surface area contributed by atoms with E-state index >= 15 is 0 Å². The van der Waals surface area contributed by atoms with Crippen LogP contribution in [-0.4, -0.2) is 18.7 Å². The van der Waals surface area contributed by atoms with Gasteiger partial charge in [0.15, 0.2) is 6.10 Å². The van der Waals surface area contributed by atoms with Crippen molar-refractivity contribution in [2.75, 3.05) is 6.61 Å². The fourth-order valence-electron chi connectivity index (χ4n) is 1.20. The van der Waals surface area contributed by atoms with Crippen LogP contribution in [0.5, 0.6) is 5.75 Å². The van der Waals surface area contributed by atoms with Gasteiger partial charge in [-0.2, -0.15) is 0 Å². The van der Waals surface area contributed by atoms with Crippen LogP contribution in [0.2, 0.25) is 0 Å². The van der Waals surface area contributed by atoms with E-state index in [1.54, 1.807) is 6.08 Å². The van der Waals surface area contributed by atoms with E-state index in [1.807, 2.05) is 30.3 Å². The largest absolute Gasteiger partial charge is 0.489 e. The maximum Gasteiger partial charge on any atom is 0.331 e. The van der Waals surface area contributed by atoms with Gasteiger partial charge in [0.05, 0.1) is 0 Å². The molecule has 2 rings (SSSR count). The summed E-state index contributed by atoms with van der Waals surface area (Å²) in [6.45, 7) is 0.367. The lowest BCUT2D eigenvalue weighted by Crippen LogP contribution is -2.17. The molecule has 0 aliphatic carbocycles. The molecular formula is C11H10O3. The molecule has 0 aromatic heterocycles. The number of rotatable bonds is 3. The molecule has 72 valence electrons. The van der Waals surface area contributed by atoms with Crippen molar-refractivity contribution in [1.82, 2.24) is 0 Å². The third-order valence-electron chi connectivity index (χ3n) is 1.87. The van der Waals surface area contributed by atoms with Crippen molar-refractivity contribution in [1.29, 1.82) is 0 Å². The van der Waals surface area contributed by atoms with Gasteiger partial charge < -0.3 is 9.47 Å². The molecule has 1 aliphatic rings. The lowest BCUT2D eigenvalue weighted by Gasteiger charge is -2.10. The second-order valence-corrected chi connectivity index (χ2v) is 2.96. The van der Waals surface area contributed by atoms with Crippen LogP contribution >= 0.6 is 0 Å². The van der Waals surface area contributed by atoms with Gasteiger partial charge in [-0.05, 0) is 18.2 Å². The molecule has 0 radical (unpaired) electrons. The first-order valence-corrected chi connectivity index (χ1v) is 4.41. The van der Waals surface area contributed by atoms with Gasteiger partial charge in [-0.1, -0.05) is 18.2 Å². The fraction of sp³-hybridized carbons (Fsp3) is 0.182. The topological polar surface area (TPSA) is 35.5 Å². The highest BCUT2D eigenvalue weighted by molar-refractivity contribution is 5.84. The third kappa shape index (κ3) is 2.13. The van der Waals surface area contributed by atoms with Gasteiger partial charge >= 0.3 is 5.97 Å². The predicted octanol–water partition coefficient (Wildman–Crippen LogP) is 1.55. The number of carbonyl (C=O) groups is 1. The predicted molar refractivity (Wildman–Crippen MR) is 51.0 cm³/mol. The number of cyclic esters (lactones) is 1. The zero-order valence-electron chi connectivity index (χ0n) is 7.55. The standard InChI is InChI=1S/C11H10O3/c12-11-7-6-10(14-11)8-13-9-4-2-1-3-5-9/h1-7,10H,8H2. The van der Waals surface area contributed by atoms with Crippen LogP contribution in [0.1, 0.15) is 0 Å². The number of carbonyl (C=O) groups excluding carboxylic acids is 1. The molecule has 1 aliphatic heterocycles. The molecule has 1 heterocycles. The minimum atomic E-state index is -0.299. The van der Waals surface area contributed by atoms with Gasteiger partial charge in [0, 0.05) is 6.08 Å². The first kappa shape index (κ1) is 8.81. The fourth-order valence-corrected chi connectivity index (χ4v) is 1.20. The molecule has 1 unspecified atom stereocenters. The molecule has 1 atom stereocenters. The monoisotopic (exact) mass is 190 g/mol. The van der Waals surface area contributed by atoms with E-state index in [0.29, 0.717) is 6.61 Å². The quantitative estimate of drug-likeness (QED) is 0.678. The first-order valence-electron chi connectivity index (χ1n) is 4.41. The first-order chi connectivity index (χ1) is 6.84. The van der Waals surface area contributed by atoms with Crippen molar-refractivity contribution < 1.29 is 14.3 Å². The molecule has 0 bridgehead atoms. The molecule has 1 aromatic rings. The van der Waals surface area contributed by atoms with Crippen molar-refractivity contribution in [3.05, 3.63) is 42.5 Å². The lowest BCUT2D eigenvalue weighted by atomic mass is 10.3. The minimum absolute atomic E-state index is 0.247. The highest BCUT2D eigenvalue weighted by Crippen LogP contribution is 2.11. The summed E-state index contributed by atoms with van der Waals surface area (Å²) in [5.41, 5.74) is 0. The molecule has 1 aromatic carbocycles. The average molecular weight is 190 g/mol. The summed E-state index contributed by atoms with van der Waals surface area (Å²) < 4.78 is 10.3. The van der Waals surface area contributed by atoms with Crippen molar-refractivity contribution in [2.24, 2.45) is 0 Å². The second-order valence-electron chi connectivity index (χ2n) is 2.96. The highest BCUT2D eigenvalue weighted by Gasteiger charge is 2.16. The summed E-state index contributed by atoms with van der Waals surface area (Å²) in [4.78, 5) is 10.7. The van der Waals surface area contributed by atoms with E-state index in [9.17, 15) is 4.79 Å². The van der Waals surface area contributed by atoms with Crippen LogP contribution in [0.3, 0.4) is 0 Å². The van der Waals surface area contributed by atoms with Gasteiger partial charge in [0.2, 0.25) is 0 Å². The van der Waals surface area contributed by atoms with E-state index < -0.39 is 0 Å². The van der Waals surface area contributed by atoms with Crippen molar-refractivity contribution in [3.8, 4) is 5.75 Å². The number of esters is 1. The van der Waals surface area contributed by atoms with Crippen LogP contribution < -0.4 is 4.74 Å². The Balaban J connectivity index is 1.84. The maximum atomic E-state index is 10.7. The van der Waals surface area contributed by atoms with Gasteiger partial charge in [0.25, 0.3) is 0 Å². The average Bonchev–Trinajstić information content (AvgIpc) is 2.63. The summed E-state index contributed by atoms with van der Waals surface area (Å²) in [5.74, 6) is 0.482. The molecule has 0 spiro atoms. The molecule has 0 saturated heterocycles. The van der Waals surface area contributed by atoms with E-state index in [2.05, 4.69) is 0 Å². The van der Waals surface area contributed by atoms with Gasteiger partial charge in [-0.3, -0.25) is 0 Å². The minimum Gasteiger partial charge on any atom is -0.489 e. The van der Waals surface area contributed by atoms with Gasteiger partial charge in [0.1, 0.15) is 12.4 Å². The van der Waals surface area contributed by atoms with Gasteiger partial charge in [-0.25, -0.2) is 4.79 Å². The van der Waals surface area contributed by atoms with Gasteiger partial charge in [-0.15, -0.1) is 0 Å². The molecule has 0 N–H and O–H groups in total. The Morgan fingerprint density at radius 2 is 2.07 bits per heavy atom. The van der Waals surface area contributed by atoms with E-state index in [1.165, 1.54) is 6.08 Å². The van der Waals surface area contributed by atoms with Crippen LogP contribution in [0, 0.1) is 0 Å². The van der Waals surface area contributed by atoms with Crippen molar-refractivity contribution in [2.45, 2.75) is 6.10 Å². The van der Waals surface area contributed by atoms with Crippen molar-refractivity contribution >= 4 is 5.97 Å². The third-order valence-corrected chi connectivity index (χ3v) is 1.87. The van der Waals surface area contributed by atoms with Crippen LogP contribution in [0.15, 0.2) is 42.5 Å². The number of benzene rings is 1.